The van der Waals surface area contributed by atoms with Gasteiger partial charge in [-0.15, -0.1) is 0 Å². The highest BCUT2D eigenvalue weighted by molar-refractivity contribution is 6.31. The molecule has 0 aromatic heterocycles. The van der Waals surface area contributed by atoms with Crippen molar-refractivity contribution in [2.24, 2.45) is 10.7 Å². The van der Waals surface area contributed by atoms with E-state index in [0.29, 0.717) is 21.9 Å². The lowest BCUT2D eigenvalue weighted by Gasteiger charge is -2.29. The second-order valence-electron chi connectivity index (χ2n) is 5.83. The van der Waals surface area contributed by atoms with E-state index in [1.807, 2.05) is 6.07 Å². The first-order valence-electron chi connectivity index (χ1n) is 8.08. The first-order chi connectivity index (χ1) is 12.1. The standard InChI is InChI=1S/C18H21ClN4O2/c1-22-11-13(10-21)18(24)23-14-3-6-15(7-4-14)25-16-5-2-12(9-20)17(19)8-16/h2,5,8,10-11,14-15H,3-4,6-7,21H2,1H3,(H,23,24). The summed E-state index contributed by atoms with van der Waals surface area (Å²) in [5.74, 6) is 0.445. The molecular formula is C18H21ClN4O2. The van der Waals surface area contributed by atoms with Gasteiger partial charge < -0.3 is 15.8 Å². The Balaban J connectivity index is 1.84. The molecule has 0 bridgehead atoms. The predicted octanol–water partition coefficient (Wildman–Crippen LogP) is 2.56. The highest BCUT2D eigenvalue weighted by Crippen LogP contribution is 2.27. The van der Waals surface area contributed by atoms with E-state index < -0.39 is 0 Å². The molecule has 0 unspecified atom stereocenters. The van der Waals surface area contributed by atoms with E-state index in [1.54, 1.807) is 25.2 Å². The van der Waals surface area contributed by atoms with Crippen molar-refractivity contribution in [3.63, 3.8) is 0 Å². The van der Waals surface area contributed by atoms with Gasteiger partial charge in [0.1, 0.15) is 11.8 Å². The highest BCUT2D eigenvalue weighted by atomic mass is 35.5. The van der Waals surface area contributed by atoms with Crippen LogP contribution < -0.4 is 15.8 Å². The van der Waals surface area contributed by atoms with E-state index in [-0.39, 0.29) is 18.1 Å². The lowest BCUT2D eigenvalue weighted by molar-refractivity contribution is -0.118. The van der Waals surface area contributed by atoms with Crippen molar-refractivity contribution >= 4 is 23.7 Å². The molecule has 1 aliphatic carbocycles. The Kier molecular flexibility index (Phi) is 6.84. The van der Waals surface area contributed by atoms with E-state index in [9.17, 15) is 4.79 Å². The number of carbonyl (C=O) groups is 1. The maximum Gasteiger partial charge on any atom is 0.254 e. The Morgan fingerprint density at radius 1 is 1.44 bits per heavy atom. The van der Waals surface area contributed by atoms with Gasteiger partial charge in [-0.25, -0.2) is 0 Å². The van der Waals surface area contributed by atoms with Crippen molar-refractivity contribution in [1.29, 1.82) is 5.26 Å². The third kappa shape index (κ3) is 5.23. The molecular weight excluding hydrogens is 340 g/mol. The number of nitrogens with zero attached hydrogens (tertiary/aromatic N) is 2. The highest BCUT2D eigenvalue weighted by Gasteiger charge is 2.24. The Bertz CT molecular complexity index is 716. The van der Waals surface area contributed by atoms with Gasteiger partial charge in [-0.3, -0.25) is 9.79 Å². The monoisotopic (exact) mass is 360 g/mol. The molecule has 3 N–H and O–H groups in total. The van der Waals surface area contributed by atoms with Gasteiger partial charge in [0.05, 0.1) is 22.3 Å². The predicted molar refractivity (Wildman–Crippen MR) is 97.7 cm³/mol. The van der Waals surface area contributed by atoms with Crippen LogP contribution in [-0.2, 0) is 4.79 Å². The van der Waals surface area contributed by atoms with Gasteiger partial charge in [0.25, 0.3) is 5.91 Å². The Hall–Kier alpha value is -2.52. The minimum atomic E-state index is -0.212. The Morgan fingerprint density at radius 3 is 2.72 bits per heavy atom. The zero-order valence-corrected chi connectivity index (χ0v) is 14.8. The molecule has 6 nitrogen and oxygen atoms in total. The normalized spacial score (nSPS) is 20.9. The second kappa shape index (κ2) is 9.09. The number of benzene rings is 1. The molecule has 0 atom stereocenters. The molecule has 132 valence electrons. The number of nitrogens with one attached hydrogen (secondary N) is 1. The molecule has 0 spiro atoms. The third-order valence-electron chi connectivity index (χ3n) is 4.08. The van der Waals surface area contributed by atoms with Crippen molar-refractivity contribution in [3.05, 3.63) is 40.6 Å². The van der Waals surface area contributed by atoms with Crippen LogP contribution in [0.3, 0.4) is 0 Å². The summed E-state index contributed by atoms with van der Waals surface area (Å²) in [5, 5.41) is 12.3. The van der Waals surface area contributed by atoms with Gasteiger partial charge in [-0.1, -0.05) is 11.6 Å². The van der Waals surface area contributed by atoms with Crippen molar-refractivity contribution in [2.45, 2.75) is 37.8 Å². The lowest BCUT2D eigenvalue weighted by Crippen LogP contribution is -2.40. The van der Waals surface area contributed by atoms with Gasteiger partial charge in [0.2, 0.25) is 0 Å². The van der Waals surface area contributed by atoms with Crippen LogP contribution in [0, 0.1) is 11.3 Å². The smallest absolute Gasteiger partial charge is 0.254 e. The maximum absolute atomic E-state index is 12.1. The number of nitrogens with two attached hydrogens (primary N) is 1. The molecule has 25 heavy (non-hydrogen) atoms. The number of hydrogen-bond acceptors (Lipinski definition) is 5. The maximum atomic E-state index is 12.1. The second-order valence-corrected chi connectivity index (χ2v) is 6.23. The van der Waals surface area contributed by atoms with Gasteiger partial charge in [-0.2, -0.15) is 5.26 Å². The molecule has 0 aliphatic heterocycles. The van der Waals surface area contributed by atoms with Crippen molar-refractivity contribution in [1.82, 2.24) is 5.32 Å². The van der Waals surface area contributed by atoms with Crippen LogP contribution in [0.2, 0.25) is 5.02 Å². The zero-order chi connectivity index (χ0) is 18.2. The molecule has 1 aliphatic rings. The number of halogens is 1. The topological polar surface area (TPSA) is 100 Å². The van der Waals surface area contributed by atoms with Crippen LogP contribution >= 0.6 is 11.6 Å². The summed E-state index contributed by atoms with van der Waals surface area (Å²) < 4.78 is 5.94. The minimum absolute atomic E-state index is 0.0684. The summed E-state index contributed by atoms with van der Waals surface area (Å²) in [4.78, 5) is 15.9. The summed E-state index contributed by atoms with van der Waals surface area (Å²) in [7, 11) is 1.59. The zero-order valence-electron chi connectivity index (χ0n) is 14.0. The quantitative estimate of drug-likeness (QED) is 0.622. The molecule has 1 fully saturated rings. The SMILES string of the molecule is CN=CC(=CN)C(=O)NC1CCC(Oc2ccc(C#N)c(Cl)c2)CC1. The average molecular weight is 361 g/mol. The van der Waals surface area contributed by atoms with Gasteiger partial charge >= 0.3 is 0 Å². The number of amides is 1. The Labute approximate surface area is 152 Å². The number of carbonyl (C=O) groups excluding carboxylic acids is 1. The van der Waals surface area contributed by atoms with E-state index in [0.717, 1.165) is 25.7 Å². The number of rotatable bonds is 5. The van der Waals surface area contributed by atoms with E-state index in [2.05, 4.69) is 10.3 Å². The third-order valence-corrected chi connectivity index (χ3v) is 4.40. The summed E-state index contributed by atoms with van der Waals surface area (Å²) >= 11 is 6.02. The van der Waals surface area contributed by atoms with Crippen LogP contribution in [0.25, 0.3) is 0 Å². The number of ether oxygens (including phenoxy) is 1. The molecule has 7 heteroatoms. The van der Waals surface area contributed by atoms with Crippen molar-refractivity contribution in [2.75, 3.05) is 7.05 Å². The molecule has 1 aromatic carbocycles. The van der Waals surface area contributed by atoms with Gasteiger partial charge in [0, 0.05) is 31.6 Å². The van der Waals surface area contributed by atoms with Crippen LogP contribution in [0.1, 0.15) is 31.2 Å². The number of hydrogen-bond donors (Lipinski definition) is 2. The summed E-state index contributed by atoms with van der Waals surface area (Å²) in [6, 6.07) is 7.18. The fraction of sp³-hybridized carbons (Fsp3) is 0.389. The van der Waals surface area contributed by atoms with Crippen molar-refractivity contribution in [3.8, 4) is 11.8 Å². The van der Waals surface area contributed by atoms with E-state index in [4.69, 9.17) is 27.3 Å². The van der Waals surface area contributed by atoms with Crippen LogP contribution in [0.5, 0.6) is 5.75 Å². The summed E-state index contributed by atoms with van der Waals surface area (Å²) in [6.07, 6.45) is 6.06. The van der Waals surface area contributed by atoms with Gasteiger partial charge in [0.15, 0.2) is 0 Å². The molecule has 0 radical (unpaired) electrons. The van der Waals surface area contributed by atoms with Crippen LogP contribution in [-0.4, -0.2) is 31.3 Å². The molecule has 0 saturated heterocycles. The lowest BCUT2D eigenvalue weighted by atomic mass is 9.92. The van der Waals surface area contributed by atoms with Crippen LogP contribution in [0.15, 0.2) is 35.0 Å². The molecule has 1 saturated carbocycles. The first kappa shape index (κ1) is 18.8. The van der Waals surface area contributed by atoms with Crippen molar-refractivity contribution < 1.29 is 9.53 Å². The molecule has 1 amide bonds. The fourth-order valence-electron chi connectivity index (χ4n) is 2.76. The molecule has 2 rings (SSSR count). The number of aliphatic imine (C=N–C) groups is 1. The Morgan fingerprint density at radius 2 is 2.16 bits per heavy atom. The summed E-state index contributed by atoms with van der Waals surface area (Å²) in [5.41, 5.74) is 6.23. The van der Waals surface area contributed by atoms with E-state index in [1.165, 1.54) is 12.4 Å². The fourth-order valence-corrected chi connectivity index (χ4v) is 2.98. The van der Waals surface area contributed by atoms with E-state index >= 15 is 0 Å². The van der Waals surface area contributed by atoms with Crippen LogP contribution in [0.4, 0.5) is 0 Å². The first-order valence-corrected chi connectivity index (χ1v) is 8.46. The summed E-state index contributed by atoms with van der Waals surface area (Å²) in [6.45, 7) is 0. The average Bonchev–Trinajstić information content (AvgIpc) is 2.61. The molecule has 0 heterocycles. The number of nitriles is 1. The van der Waals surface area contributed by atoms with Gasteiger partial charge in [-0.05, 0) is 37.8 Å². The minimum Gasteiger partial charge on any atom is -0.490 e. The molecule has 1 aromatic rings. The largest absolute Gasteiger partial charge is 0.490 e.